The van der Waals surface area contributed by atoms with Gasteiger partial charge in [0.1, 0.15) is 17.3 Å². The lowest BCUT2D eigenvalue weighted by atomic mass is 10.0. The number of halogens is 1. The maximum Gasteiger partial charge on any atom is 0.260 e. The fourth-order valence-electron chi connectivity index (χ4n) is 3.65. The standard InChI is InChI=1S/C23H23FN2O3/c1-14-10-15(2)16(3)21(11-14)28-13-22(27)26-9-8-19-20(12-26)25-29-23(19)17-4-6-18(24)7-5-17/h4-7,10-11H,8-9,12-13H2,1-3H3. The Morgan fingerprint density at radius 3 is 2.72 bits per heavy atom. The molecular weight excluding hydrogens is 371 g/mol. The first-order valence-electron chi connectivity index (χ1n) is 9.64. The summed E-state index contributed by atoms with van der Waals surface area (Å²) >= 11 is 0. The zero-order valence-corrected chi connectivity index (χ0v) is 16.8. The Bertz CT molecular complexity index is 1060. The molecule has 1 amide bonds. The minimum Gasteiger partial charge on any atom is -0.483 e. The summed E-state index contributed by atoms with van der Waals surface area (Å²) in [7, 11) is 0. The van der Waals surface area contributed by atoms with Crippen LogP contribution in [0.2, 0.25) is 0 Å². The first-order chi connectivity index (χ1) is 13.9. The largest absolute Gasteiger partial charge is 0.483 e. The molecule has 0 spiro atoms. The van der Waals surface area contributed by atoms with Crippen LogP contribution >= 0.6 is 0 Å². The van der Waals surface area contributed by atoms with Crippen LogP contribution in [0.15, 0.2) is 40.9 Å². The molecule has 1 aromatic heterocycles. The van der Waals surface area contributed by atoms with Gasteiger partial charge in [-0.2, -0.15) is 0 Å². The van der Waals surface area contributed by atoms with E-state index < -0.39 is 0 Å². The molecule has 150 valence electrons. The first kappa shape index (κ1) is 19.2. The highest BCUT2D eigenvalue weighted by molar-refractivity contribution is 5.78. The Morgan fingerprint density at radius 1 is 1.21 bits per heavy atom. The third kappa shape index (κ3) is 3.88. The minimum atomic E-state index is -0.294. The normalized spacial score (nSPS) is 13.3. The molecule has 0 radical (unpaired) electrons. The molecule has 2 aromatic carbocycles. The van der Waals surface area contributed by atoms with Crippen molar-refractivity contribution >= 4 is 5.91 Å². The zero-order valence-electron chi connectivity index (χ0n) is 16.8. The molecule has 0 saturated carbocycles. The molecule has 6 heteroatoms. The van der Waals surface area contributed by atoms with Crippen molar-refractivity contribution in [3.8, 4) is 17.1 Å². The second kappa shape index (κ2) is 7.70. The molecule has 5 nitrogen and oxygen atoms in total. The van der Waals surface area contributed by atoms with Crippen LogP contribution in [-0.4, -0.2) is 29.1 Å². The molecule has 0 fully saturated rings. The van der Waals surface area contributed by atoms with E-state index >= 15 is 0 Å². The number of hydrogen-bond acceptors (Lipinski definition) is 4. The summed E-state index contributed by atoms with van der Waals surface area (Å²) in [6.45, 7) is 6.98. The van der Waals surface area contributed by atoms with E-state index in [0.29, 0.717) is 25.3 Å². The summed E-state index contributed by atoms with van der Waals surface area (Å²) in [6, 6.07) is 10.2. The molecule has 0 unspecified atom stereocenters. The molecule has 1 aliphatic rings. The Kier molecular flexibility index (Phi) is 5.09. The van der Waals surface area contributed by atoms with Crippen LogP contribution in [0.3, 0.4) is 0 Å². The molecule has 4 rings (SSSR count). The molecule has 29 heavy (non-hydrogen) atoms. The number of fused-ring (bicyclic) bond motifs is 1. The van der Waals surface area contributed by atoms with Gasteiger partial charge in [-0.1, -0.05) is 11.2 Å². The van der Waals surface area contributed by atoms with Crippen LogP contribution < -0.4 is 4.74 Å². The molecule has 0 saturated heterocycles. The van der Waals surface area contributed by atoms with Crippen LogP contribution in [0.4, 0.5) is 4.39 Å². The van der Waals surface area contributed by atoms with Crippen molar-refractivity contribution in [2.24, 2.45) is 0 Å². The van der Waals surface area contributed by atoms with Gasteiger partial charge in [0.2, 0.25) is 0 Å². The molecule has 0 aliphatic carbocycles. The van der Waals surface area contributed by atoms with Gasteiger partial charge >= 0.3 is 0 Å². The van der Waals surface area contributed by atoms with Gasteiger partial charge in [-0.15, -0.1) is 0 Å². The van der Waals surface area contributed by atoms with Crippen LogP contribution in [0.1, 0.15) is 27.9 Å². The number of carbonyl (C=O) groups excluding carboxylic acids is 1. The molecule has 0 N–H and O–H groups in total. The average molecular weight is 394 g/mol. The number of amides is 1. The van der Waals surface area contributed by atoms with Gasteiger partial charge in [0.25, 0.3) is 5.91 Å². The van der Waals surface area contributed by atoms with Crippen molar-refractivity contribution in [3.63, 3.8) is 0 Å². The number of hydrogen-bond donors (Lipinski definition) is 0. The van der Waals surface area contributed by atoms with Crippen molar-refractivity contribution in [2.45, 2.75) is 33.7 Å². The Hall–Kier alpha value is -3.15. The van der Waals surface area contributed by atoms with Crippen LogP contribution in [-0.2, 0) is 17.8 Å². The monoisotopic (exact) mass is 394 g/mol. The van der Waals surface area contributed by atoms with Crippen molar-refractivity contribution in [1.82, 2.24) is 10.1 Å². The molecule has 3 aromatic rings. The van der Waals surface area contributed by atoms with Crippen LogP contribution in [0.25, 0.3) is 11.3 Å². The lowest BCUT2D eigenvalue weighted by Gasteiger charge is -2.26. The summed E-state index contributed by atoms with van der Waals surface area (Å²) in [6.07, 6.45) is 0.639. The average Bonchev–Trinajstić information content (AvgIpc) is 3.13. The number of ether oxygens (including phenoxy) is 1. The van der Waals surface area contributed by atoms with Gasteiger partial charge in [0.15, 0.2) is 12.4 Å². The topological polar surface area (TPSA) is 55.6 Å². The van der Waals surface area contributed by atoms with Crippen molar-refractivity contribution in [3.05, 3.63) is 70.2 Å². The van der Waals surface area contributed by atoms with Crippen LogP contribution in [0.5, 0.6) is 5.75 Å². The number of carbonyl (C=O) groups is 1. The Morgan fingerprint density at radius 2 is 1.97 bits per heavy atom. The molecule has 1 aliphatic heterocycles. The molecule has 2 heterocycles. The minimum absolute atomic E-state index is 0.0122. The van der Waals surface area contributed by atoms with E-state index in [1.165, 1.54) is 12.1 Å². The Balaban J connectivity index is 1.44. The first-order valence-corrected chi connectivity index (χ1v) is 9.64. The van der Waals surface area contributed by atoms with E-state index in [4.69, 9.17) is 9.26 Å². The summed E-state index contributed by atoms with van der Waals surface area (Å²) < 4.78 is 24.5. The summed E-state index contributed by atoms with van der Waals surface area (Å²) in [5.41, 5.74) is 5.80. The smallest absolute Gasteiger partial charge is 0.260 e. The van der Waals surface area contributed by atoms with Gasteiger partial charge < -0.3 is 14.2 Å². The van der Waals surface area contributed by atoms with Crippen molar-refractivity contribution in [2.75, 3.05) is 13.2 Å². The van der Waals surface area contributed by atoms with E-state index in [-0.39, 0.29) is 18.3 Å². The Labute approximate surface area is 169 Å². The van der Waals surface area contributed by atoms with Gasteiger partial charge in [-0.3, -0.25) is 4.79 Å². The lowest BCUT2D eigenvalue weighted by Crippen LogP contribution is -2.38. The van der Waals surface area contributed by atoms with E-state index in [0.717, 1.165) is 39.3 Å². The SMILES string of the molecule is Cc1cc(C)c(C)c(OCC(=O)N2CCc3c(noc3-c3ccc(F)cc3)C2)c1. The van der Waals surface area contributed by atoms with Gasteiger partial charge in [0.05, 0.1) is 6.54 Å². The fraction of sp³-hybridized carbons (Fsp3) is 0.304. The number of aryl methyl sites for hydroxylation is 2. The van der Waals surface area contributed by atoms with Gasteiger partial charge in [0, 0.05) is 17.7 Å². The fourth-order valence-corrected chi connectivity index (χ4v) is 3.65. The second-order valence-corrected chi connectivity index (χ2v) is 7.50. The highest BCUT2D eigenvalue weighted by Crippen LogP contribution is 2.30. The van der Waals surface area contributed by atoms with Crippen molar-refractivity contribution < 1.29 is 18.4 Å². The molecular formula is C23H23FN2O3. The highest BCUT2D eigenvalue weighted by Gasteiger charge is 2.27. The number of aromatic nitrogens is 1. The number of benzene rings is 2. The molecule has 0 atom stereocenters. The predicted molar refractivity (Wildman–Crippen MR) is 107 cm³/mol. The third-order valence-electron chi connectivity index (χ3n) is 5.42. The number of nitrogens with zero attached hydrogens (tertiary/aromatic N) is 2. The van der Waals surface area contributed by atoms with E-state index in [1.54, 1.807) is 17.0 Å². The number of rotatable bonds is 4. The van der Waals surface area contributed by atoms with Gasteiger partial charge in [-0.05, 0) is 74.2 Å². The maximum atomic E-state index is 13.2. The molecule has 0 bridgehead atoms. The van der Waals surface area contributed by atoms with E-state index in [1.807, 2.05) is 26.8 Å². The second-order valence-electron chi connectivity index (χ2n) is 7.50. The summed E-state index contributed by atoms with van der Waals surface area (Å²) in [5, 5.41) is 4.14. The lowest BCUT2D eigenvalue weighted by molar-refractivity contribution is -0.134. The summed E-state index contributed by atoms with van der Waals surface area (Å²) in [5.74, 6) is 1.02. The van der Waals surface area contributed by atoms with Crippen LogP contribution in [0, 0.1) is 26.6 Å². The predicted octanol–water partition coefficient (Wildman–Crippen LogP) is 4.37. The van der Waals surface area contributed by atoms with Crippen molar-refractivity contribution in [1.29, 1.82) is 0 Å². The third-order valence-corrected chi connectivity index (χ3v) is 5.42. The maximum absolute atomic E-state index is 13.2. The van der Waals surface area contributed by atoms with Gasteiger partial charge in [-0.25, -0.2) is 4.39 Å². The summed E-state index contributed by atoms with van der Waals surface area (Å²) in [4.78, 5) is 14.4. The highest BCUT2D eigenvalue weighted by atomic mass is 19.1. The van der Waals surface area contributed by atoms with E-state index in [2.05, 4.69) is 11.2 Å². The zero-order chi connectivity index (χ0) is 20.5. The van der Waals surface area contributed by atoms with E-state index in [9.17, 15) is 9.18 Å². The quantitative estimate of drug-likeness (QED) is 0.659.